The average Bonchev–Trinajstić information content (AvgIpc) is 2.16. The fourth-order valence-electron chi connectivity index (χ4n) is 1.76. The smallest absolute Gasteiger partial charge is 0.125 e. The van der Waals surface area contributed by atoms with Crippen LogP contribution in [0.25, 0.3) is 10.8 Å². The van der Waals surface area contributed by atoms with Crippen molar-refractivity contribution >= 4 is 16.5 Å². The number of benzene rings is 2. The molecule has 0 amide bonds. The molecule has 0 unspecified atom stereocenters. The van der Waals surface area contributed by atoms with Gasteiger partial charge in [0.15, 0.2) is 0 Å². The maximum Gasteiger partial charge on any atom is 0.125 e. The molecule has 2 aromatic carbocycles. The molecule has 0 fully saturated rings. The molecule has 2 rings (SSSR count). The standard InChI is InChI=1S/C12H13NO/c1-8-6-9-4-3-5-10(13-2)12(9)11(14)7-8/h3-7,13-14H,1-2H3. The van der Waals surface area contributed by atoms with Crippen LogP contribution in [0, 0.1) is 6.92 Å². The molecule has 0 heterocycles. The molecular formula is C12H13NO. The molecule has 0 atom stereocenters. The molecule has 0 saturated heterocycles. The summed E-state index contributed by atoms with van der Waals surface area (Å²) < 4.78 is 0. The van der Waals surface area contributed by atoms with Gasteiger partial charge in [-0.2, -0.15) is 0 Å². The van der Waals surface area contributed by atoms with Crippen molar-refractivity contribution in [2.75, 3.05) is 12.4 Å². The lowest BCUT2D eigenvalue weighted by Crippen LogP contribution is -1.89. The molecule has 14 heavy (non-hydrogen) atoms. The molecule has 0 aromatic heterocycles. The van der Waals surface area contributed by atoms with Crippen molar-refractivity contribution in [2.45, 2.75) is 6.92 Å². The SMILES string of the molecule is CNc1cccc2cc(C)cc(O)c12. The lowest BCUT2D eigenvalue weighted by atomic mass is 10.0. The van der Waals surface area contributed by atoms with E-state index >= 15 is 0 Å². The highest BCUT2D eigenvalue weighted by molar-refractivity contribution is 5.98. The van der Waals surface area contributed by atoms with Crippen LogP contribution in [0.5, 0.6) is 5.75 Å². The normalized spacial score (nSPS) is 10.4. The van der Waals surface area contributed by atoms with Crippen molar-refractivity contribution in [2.24, 2.45) is 0 Å². The van der Waals surface area contributed by atoms with Crippen LogP contribution in [0.2, 0.25) is 0 Å². The monoisotopic (exact) mass is 187 g/mol. The largest absolute Gasteiger partial charge is 0.507 e. The third-order valence-electron chi connectivity index (χ3n) is 2.37. The van der Waals surface area contributed by atoms with E-state index in [2.05, 4.69) is 11.4 Å². The molecule has 2 heteroatoms. The van der Waals surface area contributed by atoms with Crippen molar-refractivity contribution in [3.8, 4) is 5.75 Å². The number of hydrogen-bond acceptors (Lipinski definition) is 2. The first kappa shape index (κ1) is 8.88. The van der Waals surface area contributed by atoms with E-state index in [0.29, 0.717) is 5.75 Å². The van der Waals surface area contributed by atoms with Crippen LogP contribution in [0.3, 0.4) is 0 Å². The molecular weight excluding hydrogens is 174 g/mol. The minimum atomic E-state index is 0.338. The molecule has 0 aliphatic heterocycles. The van der Waals surface area contributed by atoms with Gasteiger partial charge in [0.25, 0.3) is 0 Å². The van der Waals surface area contributed by atoms with Gasteiger partial charge in [0.05, 0.1) is 0 Å². The number of aromatic hydroxyl groups is 1. The van der Waals surface area contributed by atoms with Gasteiger partial charge >= 0.3 is 0 Å². The van der Waals surface area contributed by atoms with Crippen molar-refractivity contribution in [1.29, 1.82) is 0 Å². The number of hydrogen-bond donors (Lipinski definition) is 2. The van der Waals surface area contributed by atoms with Crippen molar-refractivity contribution in [1.82, 2.24) is 0 Å². The predicted octanol–water partition coefficient (Wildman–Crippen LogP) is 2.90. The summed E-state index contributed by atoms with van der Waals surface area (Å²) in [6.45, 7) is 1.98. The number of rotatable bonds is 1. The first-order valence-electron chi connectivity index (χ1n) is 4.62. The number of phenols is 1. The third kappa shape index (κ3) is 1.29. The molecule has 2 nitrogen and oxygen atoms in total. The zero-order chi connectivity index (χ0) is 10.1. The molecule has 72 valence electrons. The third-order valence-corrected chi connectivity index (χ3v) is 2.37. The second kappa shape index (κ2) is 3.22. The molecule has 0 aliphatic rings. The lowest BCUT2D eigenvalue weighted by Gasteiger charge is -2.08. The highest BCUT2D eigenvalue weighted by Gasteiger charge is 2.04. The van der Waals surface area contributed by atoms with Gasteiger partial charge in [-0.15, -0.1) is 0 Å². The number of aryl methyl sites for hydroxylation is 1. The fraction of sp³-hybridized carbons (Fsp3) is 0.167. The van der Waals surface area contributed by atoms with E-state index in [1.54, 1.807) is 6.07 Å². The Balaban J connectivity index is 2.87. The van der Waals surface area contributed by atoms with Crippen LogP contribution in [0.15, 0.2) is 30.3 Å². The van der Waals surface area contributed by atoms with E-state index in [4.69, 9.17) is 0 Å². The summed E-state index contributed by atoms with van der Waals surface area (Å²) in [7, 11) is 1.86. The molecule has 2 aromatic rings. The molecule has 2 N–H and O–H groups in total. The maximum atomic E-state index is 9.82. The van der Waals surface area contributed by atoms with Gasteiger partial charge in [-0.25, -0.2) is 0 Å². The molecule has 0 spiro atoms. The Morgan fingerprint density at radius 2 is 2.00 bits per heavy atom. The summed E-state index contributed by atoms with van der Waals surface area (Å²) in [4.78, 5) is 0. The van der Waals surface area contributed by atoms with E-state index in [9.17, 15) is 5.11 Å². The minimum absolute atomic E-state index is 0.338. The highest BCUT2D eigenvalue weighted by atomic mass is 16.3. The van der Waals surface area contributed by atoms with E-state index in [-0.39, 0.29) is 0 Å². The Hall–Kier alpha value is -1.70. The molecule has 0 radical (unpaired) electrons. The summed E-state index contributed by atoms with van der Waals surface area (Å²) in [5.41, 5.74) is 2.03. The van der Waals surface area contributed by atoms with Crippen LogP contribution in [0.4, 0.5) is 5.69 Å². The Kier molecular flexibility index (Phi) is 2.04. The van der Waals surface area contributed by atoms with Gasteiger partial charge in [0.2, 0.25) is 0 Å². The Bertz CT molecular complexity index is 477. The second-order valence-electron chi connectivity index (χ2n) is 3.44. The Morgan fingerprint density at radius 1 is 1.21 bits per heavy atom. The fourth-order valence-corrected chi connectivity index (χ4v) is 1.76. The zero-order valence-corrected chi connectivity index (χ0v) is 8.33. The van der Waals surface area contributed by atoms with Crippen molar-refractivity contribution < 1.29 is 5.11 Å². The van der Waals surface area contributed by atoms with Gasteiger partial charge < -0.3 is 10.4 Å². The minimum Gasteiger partial charge on any atom is -0.507 e. The Morgan fingerprint density at radius 3 is 2.71 bits per heavy atom. The summed E-state index contributed by atoms with van der Waals surface area (Å²) in [5, 5.41) is 14.8. The topological polar surface area (TPSA) is 32.3 Å². The van der Waals surface area contributed by atoms with Gasteiger partial charge in [-0.1, -0.05) is 18.2 Å². The van der Waals surface area contributed by atoms with Crippen LogP contribution < -0.4 is 5.32 Å². The summed E-state index contributed by atoms with van der Waals surface area (Å²) in [5.74, 6) is 0.338. The second-order valence-corrected chi connectivity index (χ2v) is 3.44. The van der Waals surface area contributed by atoms with Crippen LogP contribution in [0.1, 0.15) is 5.56 Å². The first-order chi connectivity index (χ1) is 6.72. The maximum absolute atomic E-state index is 9.82. The summed E-state index contributed by atoms with van der Waals surface area (Å²) in [6, 6.07) is 9.78. The van der Waals surface area contributed by atoms with E-state index in [1.807, 2.05) is 32.2 Å². The number of anilines is 1. The number of fused-ring (bicyclic) bond motifs is 1. The number of nitrogens with one attached hydrogen (secondary N) is 1. The van der Waals surface area contributed by atoms with Crippen molar-refractivity contribution in [3.63, 3.8) is 0 Å². The molecule has 0 bridgehead atoms. The van der Waals surface area contributed by atoms with Gasteiger partial charge in [-0.05, 0) is 30.0 Å². The summed E-state index contributed by atoms with van der Waals surface area (Å²) >= 11 is 0. The highest BCUT2D eigenvalue weighted by Crippen LogP contribution is 2.32. The van der Waals surface area contributed by atoms with E-state index < -0.39 is 0 Å². The van der Waals surface area contributed by atoms with Crippen LogP contribution >= 0.6 is 0 Å². The van der Waals surface area contributed by atoms with Gasteiger partial charge in [-0.3, -0.25) is 0 Å². The number of phenolic OH excluding ortho intramolecular Hbond substituents is 1. The summed E-state index contributed by atoms with van der Waals surface area (Å²) in [6.07, 6.45) is 0. The molecule has 0 aliphatic carbocycles. The zero-order valence-electron chi connectivity index (χ0n) is 8.33. The van der Waals surface area contributed by atoms with Crippen molar-refractivity contribution in [3.05, 3.63) is 35.9 Å². The Labute approximate surface area is 83.2 Å². The predicted molar refractivity (Wildman–Crippen MR) is 59.9 cm³/mol. The molecule has 0 saturated carbocycles. The van der Waals surface area contributed by atoms with E-state index in [1.165, 1.54) is 0 Å². The average molecular weight is 187 g/mol. The lowest BCUT2D eigenvalue weighted by molar-refractivity contribution is 0.481. The van der Waals surface area contributed by atoms with Crippen LogP contribution in [-0.4, -0.2) is 12.2 Å². The van der Waals surface area contributed by atoms with Gasteiger partial charge in [0, 0.05) is 18.1 Å². The first-order valence-corrected chi connectivity index (χ1v) is 4.62. The van der Waals surface area contributed by atoms with E-state index in [0.717, 1.165) is 22.0 Å². The van der Waals surface area contributed by atoms with Crippen LogP contribution in [-0.2, 0) is 0 Å². The quantitative estimate of drug-likeness (QED) is 0.719. The van der Waals surface area contributed by atoms with Gasteiger partial charge in [0.1, 0.15) is 5.75 Å².